The van der Waals surface area contributed by atoms with Crippen molar-refractivity contribution < 1.29 is 13.5 Å². The summed E-state index contributed by atoms with van der Waals surface area (Å²) in [5.41, 5.74) is 5.36. The minimum atomic E-state index is -2.93. The van der Waals surface area contributed by atoms with Crippen LogP contribution in [0.4, 0.5) is 0 Å². The van der Waals surface area contributed by atoms with Crippen LogP contribution in [0.3, 0.4) is 0 Å². The van der Waals surface area contributed by atoms with E-state index in [4.69, 9.17) is 0 Å². The first-order valence-corrected chi connectivity index (χ1v) is 9.82. The zero-order valence-electron chi connectivity index (χ0n) is 13.5. The lowest BCUT2D eigenvalue weighted by atomic mass is 10.1. The van der Waals surface area contributed by atoms with Crippen LogP contribution in [0, 0.1) is 12.8 Å². The molecule has 2 aromatic rings. The minimum Gasteiger partial charge on any atom is -0.392 e. The number of aliphatic hydroxyl groups is 1. The largest absolute Gasteiger partial charge is 0.392 e. The highest BCUT2D eigenvalue weighted by molar-refractivity contribution is 7.90. The van der Waals surface area contributed by atoms with E-state index in [1.165, 1.54) is 17.4 Å². The van der Waals surface area contributed by atoms with Crippen molar-refractivity contribution in [1.29, 1.82) is 0 Å². The summed E-state index contributed by atoms with van der Waals surface area (Å²) in [6, 6.07) is 6.35. The van der Waals surface area contributed by atoms with Gasteiger partial charge in [0.15, 0.2) is 0 Å². The van der Waals surface area contributed by atoms with Crippen molar-refractivity contribution in [2.75, 3.05) is 12.0 Å². The number of sulfone groups is 1. The van der Waals surface area contributed by atoms with Crippen molar-refractivity contribution in [3.8, 4) is 0 Å². The maximum Gasteiger partial charge on any atom is 0.147 e. The third kappa shape index (κ3) is 3.82. The second-order valence-electron chi connectivity index (χ2n) is 6.57. The number of rotatable bonds is 5. The van der Waals surface area contributed by atoms with Gasteiger partial charge in [0.05, 0.1) is 24.6 Å². The van der Waals surface area contributed by atoms with Gasteiger partial charge in [0.25, 0.3) is 0 Å². The summed E-state index contributed by atoms with van der Waals surface area (Å²) in [7, 11) is -2.93. The Morgan fingerprint density at radius 3 is 2.70 bits per heavy atom. The third-order valence-electron chi connectivity index (χ3n) is 4.39. The normalized spacial score (nSPS) is 17.4. The minimum absolute atomic E-state index is 0.00317. The molecule has 1 aliphatic carbocycles. The number of hydrogen-bond acceptors (Lipinski definition) is 4. The number of hydrogen-bond donors (Lipinski definition) is 1. The fraction of sp³-hybridized carbons (Fsp3) is 0.471. The third-order valence-corrected chi connectivity index (χ3v) is 5.47. The van der Waals surface area contributed by atoms with E-state index >= 15 is 0 Å². The summed E-state index contributed by atoms with van der Waals surface area (Å²) >= 11 is 0. The van der Waals surface area contributed by atoms with Crippen LogP contribution >= 0.6 is 0 Å². The molecule has 3 rings (SSSR count). The number of aliphatic hydroxyl groups excluding tert-OH is 1. The molecule has 6 heteroatoms. The molecule has 0 bridgehead atoms. The summed E-state index contributed by atoms with van der Waals surface area (Å²) < 4.78 is 24.8. The standard InChI is InChI=1S/C17H22N2O3S/c1-12-17(10-20)9-19(18-12)8-13-3-4-15-6-14(7-16(15)5-13)11-23(2,21)22/h3-5,9,14,20H,6-8,10-11H2,1-2H3/t14-/m0/s1. The SMILES string of the molecule is Cc1nn(Cc2ccc3c(c2)C[C@@H](CS(C)(=O)=O)C3)cc1CO. The highest BCUT2D eigenvalue weighted by Gasteiger charge is 2.24. The summed E-state index contributed by atoms with van der Waals surface area (Å²) in [5.74, 6) is 0.457. The van der Waals surface area contributed by atoms with E-state index < -0.39 is 9.84 Å². The lowest BCUT2D eigenvalue weighted by molar-refractivity contribution is 0.281. The Balaban J connectivity index is 1.74. The molecule has 0 spiro atoms. The molecule has 0 unspecified atom stereocenters. The first-order valence-electron chi connectivity index (χ1n) is 7.76. The van der Waals surface area contributed by atoms with Crippen LogP contribution in [0.1, 0.15) is 27.9 Å². The lowest BCUT2D eigenvalue weighted by Crippen LogP contribution is -2.14. The van der Waals surface area contributed by atoms with Gasteiger partial charge < -0.3 is 5.11 Å². The molecule has 0 fully saturated rings. The van der Waals surface area contributed by atoms with Crippen LogP contribution < -0.4 is 0 Å². The van der Waals surface area contributed by atoms with E-state index in [-0.39, 0.29) is 18.3 Å². The maximum absolute atomic E-state index is 11.5. The molecule has 0 aliphatic heterocycles. The van der Waals surface area contributed by atoms with Gasteiger partial charge in [0, 0.05) is 18.0 Å². The Kier molecular flexibility index (Phi) is 4.29. The molecule has 124 valence electrons. The molecule has 0 radical (unpaired) electrons. The molecular formula is C17H22N2O3S. The average Bonchev–Trinajstić information content (AvgIpc) is 2.98. The molecule has 1 atom stereocenters. The second-order valence-corrected chi connectivity index (χ2v) is 8.75. The summed E-state index contributed by atoms with van der Waals surface area (Å²) in [6.07, 6.45) is 4.85. The van der Waals surface area contributed by atoms with Crippen LogP contribution in [0.2, 0.25) is 0 Å². The van der Waals surface area contributed by atoms with Crippen molar-refractivity contribution in [3.05, 3.63) is 52.3 Å². The highest BCUT2D eigenvalue weighted by Crippen LogP contribution is 2.28. The highest BCUT2D eigenvalue weighted by atomic mass is 32.2. The monoisotopic (exact) mass is 334 g/mol. The van der Waals surface area contributed by atoms with Crippen molar-refractivity contribution in [1.82, 2.24) is 9.78 Å². The smallest absolute Gasteiger partial charge is 0.147 e. The van der Waals surface area contributed by atoms with Crippen LogP contribution in [-0.2, 0) is 35.8 Å². The van der Waals surface area contributed by atoms with E-state index in [1.54, 1.807) is 0 Å². The molecule has 1 N–H and O–H groups in total. The number of aromatic nitrogens is 2. The van der Waals surface area contributed by atoms with Gasteiger partial charge in [-0.05, 0) is 42.4 Å². The lowest BCUT2D eigenvalue weighted by Gasteiger charge is -2.06. The Morgan fingerprint density at radius 1 is 1.30 bits per heavy atom. The van der Waals surface area contributed by atoms with Gasteiger partial charge in [0.1, 0.15) is 9.84 Å². The number of nitrogens with zero attached hydrogens (tertiary/aromatic N) is 2. The summed E-state index contributed by atoms with van der Waals surface area (Å²) in [4.78, 5) is 0. The zero-order valence-corrected chi connectivity index (χ0v) is 14.3. The summed E-state index contributed by atoms with van der Waals surface area (Å²) in [5, 5.41) is 13.7. The molecule has 5 nitrogen and oxygen atoms in total. The van der Waals surface area contributed by atoms with Crippen LogP contribution in [0.5, 0.6) is 0 Å². The molecule has 1 aromatic heterocycles. The van der Waals surface area contributed by atoms with Gasteiger partial charge in [-0.3, -0.25) is 4.68 Å². The van der Waals surface area contributed by atoms with Crippen molar-refractivity contribution >= 4 is 9.84 Å². The molecule has 0 saturated carbocycles. The van der Waals surface area contributed by atoms with Crippen LogP contribution in [0.15, 0.2) is 24.4 Å². The fourth-order valence-electron chi connectivity index (χ4n) is 3.39. The Hall–Kier alpha value is -1.66. The van der Waals surface area contributed by atoms with Crippen LogP contribution in [0.25, 0.3) is 0 Å². The molecule has 1 aliphatic rings. The number of fused-ring (bicyclic) bond motifs is 1. The predicted molar refractivity (Wildman–Crippen MR) is 89.0 cm³/mol. The van der Waals surface area contributed by atoms with Gasteiger partial charge in [-0.1, -0.05) is 18.2 Å². The Labute approximate surface area is 136 Å². The van der Waals surface area contributed by atoms with E-state index in [0.717, 1.165) is 29.7 Å². The van der Waals surface area contributed by atoms with Crippen molar-refractivity contribution in [2.45, 2.75) is 32.9 Å². The molecule has 1 aromatic carbocycles. The van der Waals surface area contributed by atoms with Gasteiger partial charge in [-0.25, -0.2) is 8.42 Å². The number of aryl methyl sites for hydroxylation is 1. The Bertz CT molecular complexity index is 824. The molecular weight excluding hydrogens is 312 g/mol. The first-order chi connectivity index (χ1) is 10.8. The second kappa shape index (κ2) is 6.09. The van der Waals surface area contributed by atoms with Crippen LogP contribution in [-0.4, -0.2) is 35.3 Å². The van der Waals surface area contributed by atoms with Gasteiger partial charge in [-0.2, -0.15) is 5.10 Å². The van der Waals surface area contributed by atoms with E-state index in [1.807, 2.05) is 17.8 Å². The number of benzene rings is 1. The molecule has 0 saturated heterocycles. The average molecular weight is 334 g/mol. The van der Waals surface area contributed by atoms with E-state index in [2.05, 4.69) is 23.3 Å². The van der Waals surface area contributed by atoms with Gasteiger partial charge >= 0.3 is 0 Å². The summed E-state index contributed by atoms with van der Waals surface area (Å²) in [6.45, 7) is 2.55. The van der Waals surface area contributed by atoms with Gasteiger partial charge in [0.2, 0.25) is 0 Å². The maximum atomic E-state index is 11.5. The first kappa shape index (κ1) is 16.2. The van der Waals surface area contributed by atoms with E-state index in [9.17, 15) is 13.5 Å². The Morgan fingerprint density at radius 2 is 2.04 bits per heavy atom. The quantitative estimate of drug-likeness (QED) is 0.899. The molecule has 23 heavy (non-hydrogen) atoms. The predicted octanol–water partition coefficient (Wildman–Crippen LogP) is 1.49. The van der Waals surface area contributed by atoms with Crippen molar-refractivity contribution in [3.63, 3.8) is 0 Å². The van der Waals surface area contributed by atoms with Crippen molar-refractivity contribution in [2.24, 2.45) is 5.92 Å². The zero-order chi connectivity index (χ0) is 16.6. The van der Waals surface area contributed by atoms with E-state index in [0.29, 0.717) is 6.54 Å². The molecule has 0 amide bonds. The fourth-order valence-corrected chi connectivity index (χ4v) is 4.48. The topological polar surface area (TPSA) is 72.2 Å². The van der Waals surface area contributed by atoms with Gasteiger partial charge in [-0.15, -0.1) is 0 Å². The molecule has 1 heterocycles.